The van der Waals surface area contributed by atoms with Crippen molar-refractivity contribution in [2.24, 2.45) is 5.92 Å². The molecule has 3 rings (SSSR count). The van der Waals surface area contributed by atoms with Crippen molar-refractivity contribution in [2.75, 3.05) is 26.2 Å². The Morgan fingerprint density at radius 3 is 2.44 bits per heavy atom. The Hall–Kier alpha value is -0.780. The Kier molecular flexibility index (Phi) is 4.14. The Bertz CT molecular complexity index is 367. The predicted molar refractivity (Wildman–Crippen MR) is 75.3 cm³/mol. The van der Waals surface area contributed by atoms with Gasteiger partial charge in [0.05, 0.1) is 6.61 Å². The number of nitrogens with zero attached hydrogens (tertiary/aromatic N) is 1. The van der Waals surface area contributed by atoms with Gasteiger partial charge in [0.15, 0.2) is 0 Å². The number of rotatable bonds is 4. The third kappa shape index (κ3) is 2.48. The van der Waals surface area contributed by atoms with Crippen molar-refractivity contribution in [3.8, 4) is 12.3 Å². The smallest absolute Gasteiger partial charge is 0.144 e. The van der Waals surface area contributed by atoms with Crippen molar-refractivity contribution >= 4 is 0 Å². The van der Waals surface area contributed by atoms with Gasteiger partial charge in [0.2, 0.25) is 0 Å². The number of piperidine rings is 3. The van der Waals surface area contributed by atoms with Crippen LogP contribution in [0.4, 0.5) is 0 Å². The minimum absolute atomic E-state index is 0.327. The molecule has 0 radical (unpaired) electrons. The highest BCUT2D eigenvalue weighted by molar-refractivity contribution is 5.19. The zero-order chi connectivity index (χ0) is 13.2. The first-order chi connectivity index (χ1) is 8.61. The summed E-state index contributed by atoms with van der Waals surface area (Å²) >= 11 is 0. The maximum absolute atomic E-state index is 6.23. The van der Waals surface area contributed by atoms with Crippen molar-refractivity contribution < 1.29 is 4.74 Å². The molecule has 2 bridgehead atoms. The van der Waals surface area contributed by atoms with Gasteiger partial charge in [-0.1, -0.05) is 18.4 Å². The van der Waals surface area contributed by atoms with Crippen LogP contribution in [-0.4, -0.2) is 36.7 Å². The lowest BCUT2D eigenvalue weighted by atomic mass is 9.75. The van der Waals surface area contributed by atoms with Crippen LogP contribution >= 0.6 is 0 Å². The van der Waals surface area contributed by atoms with Gasteiger partial charge in [-0.15, -0.1) is 6.42 Å². The van der Waals surface area contributed by atoms with Gasteiger partial charge in [-0.3, -0.25) is 4.90 Å². The molecule has 3 aliphatic heterocycles. The van der Waals surface area contributed by atoms with E-state index in [0.717, 1.165) is 13.0 Å². The molecule has 1 atom stereocenters. The molecular weight excluding hydrogens is 222 g/mol. The van der Waals surface area contributed by atoms with Crippen LogP contribution in [0.25, 0.3) is 0 Å². The lowest BCUT2D eigenvalue weighted by molar-refractivity contribution is -0.110. The van der Waals surface area contributed by atoms with E-state index >= 15 is 0 Å². The Labute approximate surface area is 111 Å². The molecule has 0 aromatic rings. The van der Waals surface area contributed by atoms with Gasteiger partial charge >= 0.3 is 0 Å². The molecule has 2 nitrogen and oxygen atoms in total. The summed E-state index contributed by atoms with van der Waals surface area (Å²) in [5.74, 6) is 3.54. The van der Waals surface area contributed by atoms with Crippen LogP contribution < -0.4 is 0 Å². The largest absolute Gasteiger partial charge is 0.356 e. The van der Waals surface area contributed by atoms with E-state index in [1.807, 2.05) is 0 Å². The predicted octanol–water partition coefficient (Wildman–Crippen LogP) is 2.85. The molecule has 3 saturated heterocycles. The van der Waals surface area contributed by atoms with E-state index in [9.17, 15) is 0 Å². The highest BCUT2D eigenvalue weighted by Crippen LogP contribution is 2.38. The topological polar surface area (TPSA) is 12.5 Å². The number of terminal acetylenes is 1. The van der Waals surface area contributed by atoms with Crippen molar-refractivity contribution in [2.45, 2.75) is 45.6 Å². The number of hydrogen-bond donors (Lipinski definition) is 0. The van der Waals surface area contributed by atoms with Crippen molar-refractivity contribution in [3.05, 3.63) is 11.1 Å². The summed E-state index contributed by atoms with van der Waals surface area (Å²) in [6.45, 7) is 10.5. The average molecular weight is 247 g/mol. The number of hydrogen-bond acceptors (Lipinski definition) is 2. The van der Waals surface area contributed by atoms with Gasteiger partial charge in [0.25, 0.3) is 0 Å². The summed E-state index contributed by atoms with van der Waals surface area (Å²) in [4.78, 5) is 2.45. The molecule has 3 aliphatic rings. The highest BCUT2D eigenvalue weighted by atomic mass is 16.5. The number of fused-ring (bicyclic) bond motifs is 3. The SMILES string of the molecule is C#C[C@]1(OCC(CC)=C(C)C)CN2CCC1CC2. The van der Waals surface area contributed by atoms with Gasteiger partial charge in [-0.05, 0) is 51.8 Å². The Morgan fingerprint density at radius 2 is 2.06 bits per heavy atom. The van der Waals surface area contributed by atoms with E-state index in [1.165, 1.54) is 37.1 Å². The normalized spacial score (nSPS) is 34.1. The fourth-order valence-corrected chi connectivity index (χ4v) is 3.20. The lowest BCUT2D eigenvalue weighted by Crippen LogP contribution is -2.59. The first-order valence-electron chi connectivity index (χ1n) is 7.10. The van der Waals surface area contributed by atoms with Crippen LogP contribution in [0.3, 0.4) is 0 Å². The zero-order valence-corrected chi connectivity index (χ0v) is 12.0. The second-order valence-electron chi connectivity index (χ2n) is 5.83. The first-order valence-corrected chi connectivity index (χ1v) is 7.10. The maximum atomic E-state index is 6.23. The quantitative estimate of drug-likeness (QED) is 0.559. The van der Waals surface area contributed by atoms with Gasteiger partial charge in [0.1, 0.15) is 5.60 Å². The van der Waals surface area contributed by atoms with E-state index in [0.29, 0.717) is 12.5 Å². The number of allylic oxidation sites excluding steroid dienone is 1. The summed E-state index contributed by atoms with van der Waals surface area (Å²) in [7, 11) is 0. The summed E-state index contributed by atoms with van der Waals surface area (Å²) < 4.78 is 6.23. The summed E-state index contributed by atoms with van der Waals surface area (Å²) in [6.07, 6.45) is 9.25. The van der Waals surface area contributed by atoms with Crippen LogP contribution in [-0.2, 0) is 4.74 Å². The zero-order valence-electron chi connectivity index (χ0n) is 12.0. The minimum Gasteiger partial charge on any atom is -0.356 e. The average Bonchev–Trinajstić information content (AvgIpc) is 2.40. The van der Waals surface area contributed by atoms with Crippen LogP contribution in [0.2, 0.25) is 0 Å². The van der Waals surface area contributed by atoms with E-state index in [2.05, 4.69) is 31.6 Å². The fraction of sp³-hybridized carbons (Fsp3) is 0.750. The van der Waals surface area contributed by atoms with E-state index in [-0.39, 0.29) is 5.60 Å². The highest BCUT2D eigenvalue weighted by Gasteiger charge is 2.46. The van der Waals surface area contributed by atoms with Crippen LogP contribution in [0, 0.1) is 18.3 Å². The van der Waals surface area contributed by atoms with Crippen molar-refractivity contribution in [3.63, 3.8) is 0 Å². The van der Waals surface area contributed by atoms with E-state index in [4.69, 9.17) is 11.2 Å². The Balaban J connectivity index is 2.06. The molecular formula is C16H25NO. The molecule has 3 heterocycles. The molecule has 3 fully saturated rings. The van der Waals surface area contributed by atoms with Gasteiger partial charge < -0.3 is 4.74 Å². The summed E-state index contributed by atoms with van der Waals surface area (Å²) in [5, 5.41) is 0. The van der Waals surface area contributed by atoms with E-state index < -0.39 is 0 Å². The number of ether oxygens (including phenoxy) is 1. The van der Waals surface area contributed by atoms with Gasteiger partial charge in [-0.25, -0.2) is 0 Å². The molecule has 0 aliphatic carbocycles. The minimum atomic E-state index is -0.327. The maximum Gasteiger partial charge on any atom is 0.144 e. The van der Waals surface area contributed by atoms with Crippen molar-refractivity contribution in [1.82, 2.24) is 4.90 Å². The first kappa shape index (κ1) is 13.6. The molecule has 0 aromatic carbocycles. The fourth-order valence-electron chi connectivity index (χ4n) is 3.20. The monoisotopic (exact) mass is 247 g/mol. The summed E-state index contributed by atoms with van der Waals surface area (Å²) in [6, 6.07) is 0. The summed E-state index contributed by atoms with van der Waals surface area (Å²) in [5.41, 5.74) is 2.43. The third-order valence-corrected chi connectivity index (χ3v) is 4.59. The van der Waals surface area contributed by atoms with Crippen molar-refractivity contribution in [1.29, 1.82) is 0 Å². The van der Waals surface area contributed by atoms with Crippen LogP contribution in [0.5, 0.6) is 0 Å². The van der Waals surface area contributed by atoms with Crippen LogP contribution in [0.1, 0.15) is 40.0 Å². The van der Waals surface area contributed by atoms with Gasteiger partial charge in [-0.2, -0.15) is 0 Å². The second-order valence-corrected chi connectivity index (χ2v) is 5.83. The molecule has 0 N–H and O–H groups in total. The molecule has 100 valence electrons. The Morgan fingerprint density at radius 1 is 1.39 bits per heavy atom. The van der Waals surface area contributed by atoms with Gasteiger partial charge in [0, 0.05) is 12.5 Å². The lowest BCUT2D eigenvalue weighted by Gasteiger charge is -2.50. The molecule has 18 heavy (non-hydrogen) atoms. The van der Waals surface area contributed by atoms with Crippen LogP contribution in [0.15, 0.2) is 11.1 Å². The molecule has 0 unspecified atom stereocenters. The molecule has 0 amide bonds. The molecule has 2 heteroatoms. The second kappa shape index (κ2) is 5.47. The third-order valence-electron chi connectivity index (χ3n) is 4.59. The molecule has 0 aromatic heterocycles. The molecule has 0 spiro atoms. The standard InChI is InChI=1S/C16H25NO/c1-5-14(13(3)4)11-18-16(6-2)12-17-9-7-15(16)8-10-17/h2,15H,5,7-12H2,1,3-4H3/t16-/m0/s1. The van der Waals surface area contributed by atoms with E-state index in [1.54, 1.807) is 0 Å². The molecule has 0 saturated carbocycles.